The molecular formula is C13H19ClF3N3O. The molecule has 1 heterocycles. The van der Waals surface area contributed by atoms with Crippen LogP contribution in [0.15, 0.2) is 11.0 Å². The van der Waals surface area contributed by atoms with Gasteiger partial charge >= 0.3 is 6.18 Å². The first-order valence-electron chi connectivity index (χ1n) is 6.69. The van der Waals surface area contributed by atoms with Gasteiger partial charge in [0.15, 0.2) is 0 Å². The van der Waals surface area contributed by atoms with Gasteiger partial charge in [-0.05, 0) is 25.7 Å². The van der Waals surface area contributed by atoms with E-state index in [4.69, 9.17) is 11.6 Å². The highest BCUT2D eigenvalue weighted by atomic mass is 35.5. The highest BCUT2D eigenvalue weighted by molar-refractivity contribution is 6.32. The molecule has 4 nitrogen and oxygen atoms in total. The van der Waals surface area contributed by atoms with Crippen molar-refractivity contribution in [3.05, 3.63) is 21.6 Å². The molecule has 120 valence electrons. The molecule has 0 fully saturated rings. The summed E-state index contributed by atoms with van der Waals surface area (Å²) in [4.78, 5) is 11.7. The van der Waals surface area contributed by atoms with Gasteiger partial charge in [-0.3, -0.25) is 4.79 Å². The van der Waals surface area contributed by atoms with Crippen molar-refractivity contribution in [1.29, 1.82) is 0 Å². The molecule has 8 heteroatoms. The average molecular weight is 326 g/mol. The summed E-state index contributed by atoms with van der Waals surface area (Å²) in [7, 11) is 0. The molecule has 0 aliphatic carbocycles. The van der Waals surface area contributed by atoms with E-state index in [9.17, 15) is 18.0 Å². The molecular weight excluding hydrogens is 307 g/mol. The first-order chi connectivity index (χ1) is 9.60. The molecule has 0 spiro atoms. The Morgan fingerprint density at radius 2 is 1.95 bits per heavy atom. The Kier molecular flexibility index (Phi) is 6.07. The van der Waals surface area contributed by atoms with E-state index >= 15 is 0 Å². The van der Waals surface area contributed by atoms with Gasteiger partial charge < -0.3 is 5.32 Å². The Bertz CT molecular complexity index is 528. The van der Waals surface area contributed by atoms with Crippen LogP contribution in [0.4, 0.5) is 18.9 Å². The first kappa shape index (κ1) is 17.8. The number of hydrogen-bond acceptors (Lipinski definition) is 3. The molecule has 0 aliphatic heterocycles. The molecule has 1 N–H and O–H groups in total. The van der Waals surface area contributed by atoms with E-state index in [0.717, 1.165) is 19.0 Å². The quantitative estimate of drug-likeness (QED) is 0.867. The average Bonchev–Trinajstić information content (AvgIpc) is 2.34. The maximum atomic E-state index is 12.3. The van der Waals surface area contributed by atoms with Gasteiger partial charge in [0.1, 0.15) is 11.6 Å². The maximum absolute atomic E-state index is 12.3. The normalized spacial score (nSPS) is 13.5. The van der Waals surface area contributed by atoms with Crippen LogP contribution in [0.25, 0.3) is 0 Å². The monoisotopic (exact) mass is 325 g/mol. The van der Waals surface area contributed by atoms with Crippen LogP contribution in [0, 0.1) is 5.92 Å². The van der Waals surface area contributed by atoms with Crippen LogP contribution >= 0.6 is 11.6 Å². The van der Waals surface area contributed by atoms with Gasteiger partial charge in [-0.2, -0.15) is 18.3 Å². The summed E-state index contributed by atoms with van der Waals surface area (Å²) in [5.41, 5.74) is -0.689. The van der Waals surface area contributed by atoms with E-state index in [1.807, 2.05) is 6.92 Å². The Balaban J connectivity index is 2.82. The van der Waals surface area contributed by atoms with E-state index in [2.05, 4.69) is 24.3 Å². The van der Waals surface area contributed by atoms with Crippen molar-refractivity contribution >= 4 is 17.3 Å². The van der Waals surface area contributed by atoms with Gasteiger partial charge in [-0.25, -0.2) is 4.68 Å². The smallest absolute Gasteiger partial charge is 0.380 e. The summed E-state index contributed by atoms with van der Waals surface area (Å²) in [5.74, 6) is 0.544. The molecule has 0 saturated carbocycles. The predicted molar refractivity (Wildman–Crippen MR) is 76.7 cm³/mol. The van der Waals surface area contributed by atoms with Gasteiger partial charge in [0.05, 0.1) is 11.9 Å². The lowest BCUT2D eigenvalue weighted by Gasteiger charge is -2.17. The van der Waals surface area contributed by atoms with E-state index in [1.165, 1.54) is 0 Å². The Morgan fingerprint density at radius 3 is 2.48 bits per heavy atom. The van der Waals surface area contributed by atoms with Crippen molar-refractivity contribution in [3.63, 3.8) is 0 Å². The molecule has 0 amide bonds. The molecule has 1 rings (SSSR count). The van der Waals surface area contributed by atoms with Gasteiger partial charge in [0.2, 0.25) is 0 Å². The molecule has 0 saturated heterocycles. The molecule has 0 aromatic carbocycles. The number of halogens is 4. The molecule has 0 bridgehead atoms. The summed E-state index contributed by atoms with van der Waals surface area (Å²) >= 11 is 5.83. The molecule has 0 radical (unpaired) electrons. The second-order valence-electron chi connectivity index (χ2n) is 5.47. The van der Waals surface area contributed by atoms with Crippen molar-refractivity contribution in [2.75, 3.05) is 5.32 Å². The molecule has 1 atom stereocenters. The lowest BCUT2D eigenvalue weighted by molar-refractivity contribution is -0.143. The van der Waals surface area contributed by atoms with Crippen LogP contribution in [-0.2, 0) is 6.54 Å². The fourth-order valence-electron chi connectivity index (χ4n) is 1.77. The fourth-order valence-corrected chi connectivity index (χ4v) is 1.97. The van der Waals surface area contributed by atoms with Gasteiger partial charge in [0.25, 0.3) is 5.56 Å². The van der Waals surface area contributed by atoms with Crippen LogP contribution in [0.5, 0.6) is 0 Å². The Morgan fingerprint density at radius 1 is 1.33 bits per heavy atom. The number of rotatable bonds is 6. The van der Waals surface area contributed by atoms with Crippen LogP contribution in [0.1, 0.15) is 33.6 Å². The zero-order valence-corrected chi connectivity index (χ0v) is 12.9. The number of nitrogens with zero attached hydrogens (tertiary/aromatic N) is 2. The maximum Gasteiger partial charge on any atom is 0.408 e. The summed E-state index contributed by atoms with van der Waals surface area (Å²) in [6.45, 7) is 4.66. The van der Waals surface area contributed by atoms with Gasteiger partial charge in [-0.15, -0.1) is 0 Å². The minimum Gasteiger partial charge on any atom is -0.380 e. The van der Waals surface area contributed by atoms with E-state index < -0.39 is 18.3 Å². The van der Waals surface area contributed by atoms with E-state index in [-0.39, 0.29) is 16.8 Å². The van der Waals surface area contributed by atoms with Crippen LogP contribution in [0.3, 0.4) is 0 Å². The highest BCUT2D eigenvalue weighted by Crippen LogP contribution is 2.20. The van der Waals surface area contributed by atoms with Crippen molar-refractivity contribution in [2.45, 2.75) is 52.4 Å². The number of anilines is 1. The summed E-state index contributed by atoms with van der Waals surface area (Å²) in [6, 6.07) is 0.0459. The topological polar surface area (TPSA) is 46.9 Å². The lowest BCUT2D eigenvalue weighted by atomic mass is 10.0. The molecule has 1 aromatic heterocycles. The number of nitrogens with one attached hydrogen (secondary N) is 1. The minimum absolute atomic E-state index is 0.0459. The molecule has 0 aliphatic rings. The number of hydrogen-bond donors (Lipinski definition) is 1. The first-order valence-corrected chi connectivity index (χ1v) is 7.07. The predicted octanol–water partition coefficient (Wildman–Crippen LogP) is 3.70. The second-order valence-corrected chi connectivity index (χ2v) is 5.84. The molecule has 1 aromatic rings. The number of aromatic nitrogens is 2. The van der Waals surface area contributed by atoms with Crippen LogP contribution in [0.2, 0.25) is 5.02 Å². The third-order valence-electron chi connectivity index (χ3n) is 2.89. The minimum atomic E-state index is -4.51. The largest absolute Gasteiger partial charge is 0.408 e. The summed E-state index contributed by atoms with van der Waals surface area (Å²) in [6.07, 6.45) is -1.51. The van der Waals surface area contributed by atoms with Crippen LogP contribution in [-0.4, -0.2) is 22.0 Å². The Labute approximate surface area is 126 Å². The van der Waals surface area contributed by atoms with Gasteiger partial charge in [0, 0.05) is 6.04 Å². The highest BCUT2D eigenvalue weighted by Gasteiger charge is 2.29. The van der Waals surface area contributed by atoms with Crippen LogP contribution < -0.4 is 10.9 Å². The molecule has 21 heavy (non-hydrogen) atoms. The summed E-state index contributed by atoms with van der Waals surface area (Å²) < 4.78 is 37.2. The van der Waals surface area contributed by atoms with Crippen molar-refractivity contribution < 1.29 is 13.2 Å². The lowest BCUT2D eigenvalue weighted by Crippen LogP contribution is -2.31. The fraction of sp³-hybridized carbons (Fsp3) is 0.692. The zero-order chi connectivity index (χ0) is 16.2. The molecule has 1 unspecified atom stereocenters. The summed E-state index contributed by atoms with van der Waals surface area (Å²) in [5, 5.41) is 6.24. The second kappa shape index (κ2) is 7.15. The van der Waals surface area contributed by atoms with Crippen molar-refractivity contribution in [3.8, 4) is 0 Å². The van der Waals surface area contributed by atoms with Crippen molar-refractivity contribution in [2.24, 2.45) is 5.92 Å². The standard InChI is InChI=1S/C13H19ClF3N3O/c1-8(2)4-5-9(3)19-10-6-18-20(7-13(15,16)17)12(21)11(10)14/h6,8-9,19H,4-5,7H2,1-3H3. The van der Waals surface area contributed by atoms with Gasteiger partial charge in [-0.1, -0.05) is 25.4 Å². The Hall–Kier alpha value is -1.24. The zero-order valence-electron chi connectivity index (χ0n) is 12.2. The third kappa shape index (κ3) is 5.95. The SMILES string of the molecule is CC(C)CCC(C)Nc1cnn(CC(F)(F)F)c(=O)c1Cl. The van der Waals surface area contributed by atoms with Crippen molar-refractivity contribution in [1.82, 2.24) is 9.78 Å². The number of alkyl halides is 3. The van der Waals surface area contributed by atoms with E-state index in [1.54, 1.807) is 0 Å². The third-order valence-corrected chi connectivity index (χ3v) is 3.26. The van der Waals surface area contributed by atoms with E-state index in [0.29, 0.717) is 10.6 Å².